The molecule has 3 heterocycles. The molecule has 2 aromatic rings. The van der Waals surface area contributed by atoms with E-state index in [-0.39, 0.29) is 0 Å². The summed E-state index contributed by atoms with van der Waals surface area (Å²) in [5, 5.41) is 0. The largest absolute Gasteiger partial charge is 0.367 e. The third kappa shape index (κ3) is 2.25. The maximum Gasteiger partial charge on any atom is 0.0694 e. The Kier molecular flexibility index (Phi) is 3.05. The van der Waals surface area contributed by atoms with Gasteiger partial charge in [-0.3, -0.25) is 9.98 Å². The normalized spacial score (nSPS) is 17.8. The van der Waals surface area contributed by atoms with E-state index < -0.39 is 0 Å². The van der Waals surface area contributed by atoms with Crippen molar-refractivity contribution in [1.82, 2.24) is 9.97 Å². The number of pyridine rings is 1. The van der Waals surface area contributed by atoms with E-state index in [0.717, 1.165) is 30.7 Å². The molecule has 3 heteroatoms. The number of aliphatic imine (C=N–C) groups is 1. The van der Waals surface area contributed by atoms with Gasteiger partial charge in [-0.05, 0) is 48.3 Å². The second-order valence-electron chi connectivity index (χ2n) is 4.39. The quantitative estimate of drug-likeness (QED) is 0.856. The first-order valence-corrected chi connectivity index (χ1v) is 6.22. The van der Waals surface area contributed by atoms with Crippen molar-refractivity contribution in [3.63, 3.8) is 0 Å². The fourth-order valence-corrected chi connectivity index (χ4v) is 2.23. The number of allylic oxidation sites excluding steroid dienone is 1. The SMILES string of the molecule is C(=C1/CCCN=C1c1cccnc1)/c1cc[nH]c1. The zero-order valence-electron chi connectivity index (χ0n) is 10.1. The van der Waals surface area contributed by atoms with E-state index in [1.807, 2.05) is 24.7 Å². The molecule has 0 bridgehead atoms. The highest BCUT2D eigenvalue weighted by atomic mass is 14.8. The topological polar surface area (TPSA) is 41.0 Å². The molecule has 2 aromatic heterocycles. The van der Waals surface area contributed by atoms with Gasteiger partial charge in [-0.15, -0.1) is 0 Å². The highest BCUT2D eigenvalue weighted by Gasteiger charge is 2.13. The number of hydrogen-bond donors (Lipinski definition) is 1. The summed E-state index contributed by atoms with van der Waals surface area (Å²) in [6, 6.07) is 6.10. The second-order valence-corrected chi connectivity index (χ2v) is 4.39. The van der Waals surface area contributed by atoms with Crippen molar-refractivity contribution in [1.29, 1.82) is 0 Å². The molecule has 1 N–H and O–H groups in total. The fourth-order valence-electron chi connectivity index (χ4n) is 2.23. The van der Waals surface area contributed by atoms with Crippen LogP contribution in [-0.4, -0.2) is 22.2 Å². The lowest BCUT2D eigenvalue weighted by molar-refractivity contribution is 0.818. The van der Waals surface area contributed by atoms with Crippen molar-refractivity contribution in [2.45, 2.75) is 12.8 Å². The third-order valence-corrected chi connectivity index (χ3v) is 3.08. The van der Waals surface area contributed by atoms with Gasteiger partial charge in [0.25, 0.3) is 0 Å². The average molecular weight is 237 g/mol. The van der Waals surface area contributed by atoms with E-state index in [4.69, 9.17) is 0 Å². The highest BCUT2D eigenvalue weighted by Crippen LogP contribution is 2.21. The van der Waals surface area contributed by atoms with Crippen LogP contribution in [0.25, 0.3) is 6.08 Å². The van der Waals surface area contributed by atoms with Crippen molar-refractivity contribution in [2.24, 2.45) is 4.99 Å². The summed E-state index contributed by atoms with van der Waals surface area (Å²) < 4.78 is 0. The Labute approximate surface area is 106 Å². The molecule has 0 radical (unpaired) electrons. The van der Waals surface area contributed by atoms with Gasteiger partial charge < -0.3 is 4.98 Å². The Morgan fingerprint density at radius 2 is 2.28 bits per heavy atom. The molecule has 1 aliphatic rings. The highest BCUT2D eigenvalue weighted by molar-refractivity contribution is 6.15. The zero-order valence-corrected chi connectivity index (χ0v) is 10.1. The first-order valence-electron chi connectivity index (χ1n) is 6.22. The van der Waals surface area contributed by atoms with Crippen molar-refractivity contribution < 1.29 is 0 Å². The first-order chi connectivity index (χ1) is 8.93. The number of nitrogens with zero attached hydrogens (tertiary/aromatic N) is 2. The number of hydrogen-bond acceptors (Lipinski definition) is 2. The lowest BCUT2D eigenvalue weighted by Crippen LogP contribution is -2.11. The summed E-state index contributed by atoms with van der Waals surface area (Å²) in [6.45, 7) is 0.911. The molecule has 0 saturated heterocycles. The molecule has 0 amide bonds. The number of nitrogens with one attached hydrogen (secondary N) is 1. The van der Waals surface area contributed by atoms with Crippen LogP contribution in [0.3, 0.4) is 0 Å². The maximum absolute atomic E-state index is 4.66. The standard InChI is InChI=1S/C15H15N3/c1-4-14(11-16-6-1)15-13(3-2-7-18-15)9-12-5-8-17-10-12/h1,4-6,8-11,17H,2-3,7H2/b13-9+. The van der Waals surface area contributed by atoms with E-state index in [2.05, 4.69) is 33.2 Å². The third-order valence-electron chi connectivity index (χ3n) is 3.08. The molecule has 3 nitrogen and oxygen atoms in total. The Morgan fingerprint density at radius 3 is 3.06 bits per heavy atom. The fraction of sp³-hybridized carbons (Fsp3) is 0.200. The van der Waals surface area contributed by atoms with Gasteiger partial charge in [0, 0.05) is 36.9 Å². The van der Waals surface area contributed by atoms with Crippen LogP contribution in [0.4, 0.5) is 0 Å². The number of aromatic amines is 1. The Hall–Kier alpha value is -2.16. The molecule has 1 aliphatic heterocycles. The molecule has 0 saturated carbocycles. The molecule has 3 rings (SSSR count). The van der Waals surface area contributed by atoms with E-state index in [1.54, 1.807) is 6.20 Å². The molecule has 0 unspecified atom stereocenters. The van der Waals surface area contributed by atoms with Gasteiger partial charge in [0.1, 0.15) is 0 Å². The zero-order chi connectivity index (χ0) is 12.2. The van der Waals surface area contributed by atoms with Crippen LogP contribution in [0.1, 0.15) is 24.0 Å². The minimum absolute atomic E-state index is 0.911. The van der Waals surface area contributed by atoms with Crippen LogP contribution in [0.5, 0.6) is 0 Å². The van der Waals surface area contributed by atoms with Gasteiger partial charge in [0.2, 0.25) is 0 Å². The molecule has 18 heavy (non-hydrogen) atoms. The number of aromatic nitrogens is 2. The first kappa shape index (κ1) is 11.0. The maximum atomic E-state index is 4.66. The molecule has 0 aliphatic carbocycles. The van der Waals surface area contributed by atoms with Crippen molar-refractivity contribution >= 4 is 11.8 Å². The van der Waals surface area contributed by atoms with E-state index in [1.165, 1.54) is 11.1 Å². The molecule has 0 atom stereocenters. The van der Waals surface area contributed by atoms with Crippen molar-refractivity contribution in [2.75, 3.05) is 6.54 Å². The molecule has 0 spiro atoms. The van der Waals surface area contributed by atoms with Gasteiger partial charge in [-0.2, -0.15) is 0 Å². The summed E-state index contributed by atoms with van der Waals surface area (Å²) in [6.07, 6.45) is 12.0. The lowest BCUT2D eigenvalue weighted by atomic mass is 9.95. The Morgan fingerprint density at radius 1 is 1.28 bits per heavy atom. The van der Waals surface area contributed by atoms with Crippen LogP contribution in [0.2, 0.25) is 0 Å². The van der Waals surface area contributed by atoms with Gasteiger partial charge in [-0.25, -0.2) is 0 Å². The van der Waals surface area contributed by atoms with Crippen LogP contribution in [0.15, 0.2) is 53.6 Å². The smallest absolute Gasteiger partial charge is 0.0694 e. The summed E-state index contributed by atoms with van der Waals surface area (Å²) in [5.41, 5.74) is 4.70. The van der Waals surface area contributed by atoms with Gasteiger partial charge >= 0.3 is 0 Å². The monoisotopic (exact) mass is 237 g/mol. The van der Waals surface area contributed by atoms with Crippen LogP contribution < -0.4 is 0 Å². The summed E-state index contributed by atoms with van der Waals surface area (Å²) in [7, 11) is 0. The molecule has 0 aromatic carbocycles. The summed E-state index contributed by atoms with van der Waals surface area (Å²) >= 11 is 0. The molecular weight excluding hydrogens is 222 g/mol. The number of H-pyrrole nitrogens is 1. The summed E-state index contributed by atoms with van der Waals surface area (Å²) in [5.74, 6) is 0. The van der Waals surface area contributed by atoms with Crippen LogP contribution >= 0.6 is 0 Å². The Balaban J connectivity index is 1.99. The van der Waals surface area contributed by atoms with Gasteiger partial charge in [0.05, 0.1) is 5.71 Å². The molecule has 0 fully saturated rings. The second kappa shape index (κ2) is 5.00. The molecular formula is C15H15N3. The van der Waals surface area contributed by atoms with E-state index in [9.17, 15) is 0 Å². The van der Waals surface area contributed by atoms with Crippen LogP contribution in [-0.2, 0) is 0 Å². The van der Waals surface area contributed by atoms with E-state index in [0.29, 0.717) is 0 Å². The summed E-state index contributed by atoms with van der Waals surface area (Å²) in [4.78, 5) is 11.9. The minimum atomic E-state index is 0.911. The van der Waals surface area contributed by atoms with Crippen molar-refractivity contribution in [3.05, 3.63) is 59.7 Å². The average Bonchev–Trinajstić information content (AvgIpc) is 2.93. The Bertz CT molecular complexity index is 565. The predicted molar refractivity (Wildman–Crippen MR) is 73.6 cm³/mol. The lowest BCUT2D eigenvalue weighted by Gasteiger charge is -2.16. The minimum Gasteiger partial charge on any atom is -0.367 e. The van der Waals surface area contributed by atoms with Gasteiger partial charge in [-0.1, -0.05) is 0 Å². The predicted octanol–water partition coefficient (Wildman–Crippen LogP) is 3.08. The van der Waals surface area contributed by atoms with Gasteiger partial charge in [0.15, 0.2) is 0 Å². The van der Waals surface area contributed by atoms with Crippen molar-refractivity contribution in [3.8, 4) is 0 Å². The number of rotatable bonds is 2. The van der Waals surface area contributed by atoms with Crippen LogP contribution in [0, 0.1) is 0 Å². The van der Waals surface area contributed by atoms with E-state index >= 15 is 0 Å². The molecule has 90 valence electrons.